The summed E-state index contributed by atoms with van der Waals surface area (Å²) in [6.45, 7) is 7.35. The molecular formula is C28H37NO9. The van der Waals surface area contributed by atoms with Crippen LogP contribution in [0.25, 0.3) is 0 Å². The third-order valence-electron chi connectivity index (χ3n) is 9.71. The van der Waals surface area contributed by atoms with Crippen molar-refractivity contribution in [3.8, 4) is 0 Å². The molecule has 14 atom stereocenters. The maximum absolute atomic E-state index is 13.2. The molecule has 208 valence electrons. The Hall–Kier alpha value is -2.24. The van der Waals surface area contributed by atoms with Crippen LogP contribution < -0.4 is 0 Å². The minimum Gasteiger partial charge on any atom is -0.457 e. The molecule has 10 nitrogen and oxygen atoms in total. The monoisotopic (exact) mass is 531 g/mol. The van der Waals surface area contributed by atoms with E-state index in [2.05, 4.69) is 4.98 Å². The largest absolute Gasteiger partial charge is 0.457 e. The molecule has 0 radical (unpaired) electrons. The number of nitrogens with one attached hydrogen (secondary N) is 1. The van der Waals surface area contributed by atoms with E-state index < -0.39 is 54.2 Å². The van der Waals surface area contributed by atoms with E-state index in [9.17, 15) is 19.8 Å². The number of aromatic amines is 1. The molecule has 4 fully saturated rings. The molecule has 0 aromatic carbocycles. The highest BCUT2D eigenvalue weighted by Gasteiger charge is 2.79. The molecule has 1 spiro atoms. The number of hydrogen-bond donors (Lipinski definition) is 3. The number of carbonyl (C=O) groups excluding carboxylic acids is 2. The Bertz CT molecular complexity index is 1120. The van der Waals surface area contributed by atoms with Crippen LogP contribution in [0.4, 0.5) is 0 Å². The van der Waals surface area contributed by atoms with Gasteiger partial charge in [-0.05, 0) is 38.0 Å². The molecule has 2 saturated heterocycles. The molecule has 2 aliphatic carbocycles. The molecule has 2 saturated carbocycles. The van der Waals surface area contributed by atoms with Crippen molar-refractivity contribution in [1.29, 1.82) is 0 Å². The quantitative estimate of drug-likeness (QED) is 0.300. The first-order valence-corrected chi connectivity index (χ1v) is 13.6. The van der Waals surface area contributed by atoms with Crippen molar-refractivity contribution in [3.63, 3.8) is 0 Å². The Balaban J connectivity index is 1.44. The normalized spacial score (nSPS) is 49.6. The van der Waals surface area contributed by atoms with E-state index in [1.807, 2.05) is 26.8 Å². The van der Waals surface area contributed by atoms with Gasteiger partial charge in [0, 0.05) is 42.9 Å². The summed E-state index contributed by atoms with van der Waals surface area (Å²) in [5, 5.41) is 22.3. The van der Waals surface area contributed by atoms with Crippen molar-refractivity contribution in [2.45, 2.75) is 88.5 Å². The zero-order chi connectivity index (χ0) is 27.1. The summed E-state index contributed by atoms with van der Waals surface area (Å²) in [6, 6.07) is 3.37. The van der Waals surface area contributed by atoms with E-state index in [4.69, 9.17) is 23.7 Å². The van der Waals surface area contributed by atoms with Gasteiger partial charge in [0.05, 0.1) is 24.4 Å². The fourth-order valence-electron chi connectivity index (χ4n) is 7.97. The number of H-pyrrole nitrogens is 1. The maximum Gasteiger partial charge on any atom is 0.355 e. The molecule has 4 bridgehead atoms. The predicted molar refractivity (Wildman–Crippen MR) is 132 cm³/mol. The molecule has 1 aromatic heterocycles. The van der Waals surface area contributed by atoms with E-state index in [1.165, 1.54) is 7.11 Å². The third kappa shape index (κ3) is 3.64. The van der Waals surface area contributed by atoms with Crippen LogP contribution in [0, 0.1) is 29.6 Å². The number of fused-ring (bicyclic) bond motifs is 2. The van der Waals surface area contributed by atoms with E-state index >= 15 is 0 Å². The van der Waals surface area contributed by atoms with Crippen LogP contribution in [-0.4, -0.2) is 88.7 Å². The van der Waals surface area contributed by atoms with Gasteiger partial charge in [-0.2, -0.15) is 0 Å². The number of methoxy groups -OCH3 is 1. The molecule has 5 aliphatic rings. The van der Waals surface area contributed by atoms with Crippen molar-refractivity contribution in [1.82, 2.24) is 4.98 Å². The summed E-state index contributed by atoms with van der Waals surface area (Å²) < 4.78 is 30.6. The molecule has 4 heterocycles. The third-order valence-corrected chi connectivity index (χ3v) is 9.71. The highest BCUT2D eigenvalue weighted by atomic mass is 16.6. The lowest BCUT2D eigenvalue weighted by atomic mass is 9.55. The smallest absolute Gasteiger partial charge is 0.355 e. The Morgan fingerprint density at radius 1 is 1.26 bits per heavy atom. The molecule has 6 rings (SSSR count). The maximum atomic E-state index is 13.2. The van der Waals surface area contributed by atoms with Crippen LogP contribution in [-0.2, 0) is 28.5 Å². The number of cyclic esters (lactones) is 1. The van der Waals surface area contributed by atoms with Crippen molar-refractivity contribution < 1.29 is 43.5 Å². The van der Waals surface area contributed by atoms with Crippen LogP contribution in [0.15, 0.2) is 30.0 Å². The summed E-state index contributed by atoms with van der Waals surface area (Å²) in [4.78, 5) is 29.0. The van der Waals surface area contributed by atoms with Crippen molar-refractivity contribution in [2.24, 2.45) is 29.6 Å². The first kappa shape index (κ1) is 26.0. The lowest BCUT2D eigenvalue weighted by Crippen LogP contribution is -2.61. The van der Waals surface area contributed by atoms with E-state index in [1.54, 1.807) is 25.3 Å². The number of aliphatic hydroxyl groups is 2. The Morgan fingerprint density at radius 3 is 2.68 bits per heavy atom. The average Bonchev–Trinajstić information content (AvgIpc) is 3.36. The van der Waals surface area contributed by atoms with E-state index in [0.717, 1.165) is 5.57 Å². The average molecular weight is 532 g/mol. The van der Waals surface area contributed by atoms with Crippen LogP contribution in [0.2, 0.25) is 0 Å². The minimum atomic E-state index is -0.958. The van der Waals surface area contributed by atoms with Gasteiger partial charge in [0.15, 0.2) is 6.10 Å². The number of ether oxygens (including phenoxy) is 5. The van der Waals surface area contributed by atoms with E-state index in [0.29, 0.717) is 5.69 Å². The van der Waals surface area contributed by atoms with Gasteiger partial charge in [-0.15, -0.1) is 0 Å². The summed E-state index contributed by atoms with van der Waals surface area (Å²) in [5.74, 6) is -2.55. The number of esters is 2. The van der Waals surface area contributed by atoms with Crippen LogP contribution in [0.3, 0.4) is 0 Å². The molecule has 3 aliphatic heterocycles. The van der Waals surface area contributed by atoms with Gasteiger partial charge in [-0.1, -0.05) is 19.9 Å². The van der Waals surface area contributed by atoms with Gasteiger partial charge in [0.1, 0.15) is 29.6 Å². The topological polar surface area (TPSA) is 140 Å². The van der Waals surface area contributed by atoms with Crippen LogP contribution in [0.5, 0.6) is 0 Å². The van der Waals surface area contributed by atoms with Crippen LogP contribution in [0.1, 0.15) is 44.6 Å². The fraction of sp³-hybridized carbons (Fsp3) is 0.714. The second-order valence-corrected chi connectivity index (χ2v) is 11.8. The first-order valence-electron chi connectivity index (χ1n) is 13.6. The minimum absolute atomic E-state index is 0.175. The summed E-state index contributed by atoms with van der Waals surface area (Å²) in [6.07, 6.45) is -1.01. The molecule has 10 heteroatoms. The van der Waals surface area contributed by atoms with Gasteiger partial charge >= 0.3 is 11.9 Å². The second-order valence-electron chi connectivity index (χ2n) is 11.8. The fourth-order valence-corrected chi connectivity index (χ4v) is 7.97. The number of carbonyl (C=O) groups is 2. The van der Waals surface area contributed by atoms with Gasteiger partial charge in [-0.25, -0.2) is 9.59 Å². The summed E-state index contributed by atoms with van der Waals surface area (Å²) >= 11 is 0. The molecular weight excluding hydrogens is 494 g/mol. The van der Waals surface area contributed by atoms with Gasteiger partial charge in [0.2, 0.25) is 0 Å². The second kappa shape index (κ2) is 9.16. The first-order chi connectivity index (χ1) is 18.1. The highest BCUT2D eigenvalue weighted by Crippen LogP contribution is 2.68. The molecule has 3 N–H and O–H groups in total. The van der Waals surface area contributed by atoms with Gasteiger partial charge < -0.3 is 38.9 Å². The Kier molecular flexibility index (Phi) is 6.27. The number of hydrogen-bond acceptors (Lipinski definition) is 9. The lowest BCUT2D eigenvalue weighted by Gasteiger charge is -2.49. The van der Waals surface area contributed by atoms with Crippen molar-refractivity contribution >= 4 is 11.9 Å². The van der Waals surface area contributed by atoms with Crippen LogP contribution >= 0.6 is 0 Å². The zero-order valence-electron chi connectivity index (χ0n) is 22.3. The SMILES string of the molecule is CO[C@H]1C[C@H]2[C@@H]3O[C@@H]3[C@H]3[C@@H]4O[C@]2(/C(C)=C\[C@@H](C)[C@@H]([C@@H](C)O)OC1=O)[C@@H]3[C@H](O)[C@@H](C)[C@H]4OC(=O)c1ccc[nH]1. The lowest BCUT2D eigenvalue weighted by molar-refractivity contribution is -0.173. The molecule has 38 heavy (non-hydrogen) atoms. The molecule has 1 aromatic rings. The van der Waals surface area contributed by atoms with E-state index in [-0.39, 0.29) is 48.2 Å². The van der Waals surface area contributed by atoms with Crippen molar-refractivity contribution in [3.05, 3.63) is 35.7 Å². The summed E-state index contributed by atoms with van der Waals surface area (Å²) in [5.41, 5.74) is 0.267. The number of rotatable bonds is 4. The van der Waals surface area contributed by atoms with Gasteiger partial charge in [-0.3, -0.25) is 0 Å². The number of epoxide rings is 1. The highest BCUT2D eigenvalue weighted by molar-refractivity contribution is 5.87. The Labute approximate surface area is 221 Å². The van der Waals surface area contributed by atoms with Crippen molar-refractivity contribution in [2.75, 3.05) is 7.11 Å². The number of aliphatic hydroxyl groups excluding tert-OH is 2. The van der Waals surface area contributed by atoms with Gasteiger partial charge in [0.25, 0.3) is 0 Å². The standard InChI is InChI=1S/C28H37NO9/c1-11-9-12(2)28-15(10-17(34-5)27(33)36-21(11)14(4)30)23-24(35-23)18-19(28)20(31)13(3)22(25(18)38-28)37-26(32)16-7-6-8-29-16/h6-9,11,13-15,17-25,29-31H,10H2,1-5H3/b12-9-/t11-,13-,14-,15+,17+,18+,19+,20-,21+,22-,23+,24-,25+,28+/m1/s1. The number of aromatic nitrogens is 1. The Morgan fingerprint density at radius 2 is 2.03 bits per heavy atom. The zero-order valence-corrected chi connectivity index (χ0v) is 22.3. The predicted octanol–water partition coefficient (Wildman–Crippen LogP) is 1.61. The molecule has 0 unspecified atom stereocenters. The molecule has 0 amide bonds. The summed E-state index contributed by atoms with van der Waals surface area (Å²) in [7, 11) is 1.46.